The van der Waals surface area contributed by atoms with Crippen molar-refractivity contribution in [1.29, 1.82) is 0 Å². The maximum atomic E-state index is 12.1. The van der Waals surface area contributed by atoms with E-state index < -0.39 is 0 Å². The summed E-state index contributed by atoms with van der Waals surface area (Å²) < 4.78 is 7.97. The lowest BCUT2D eigenvalue weighted by Gasteiger charge is -2.12. The molecule has 0 radical (unpaired) electrons. The van der Waals surface area contributed by atoms with Crippen LogP contribution in [-0.2, 0) is 16.5 Å². The fourth-order valence-corrected chi connectivity index (χ4v) is 4.22. The van der Waals surface area contributed by atoms with Crippen LogP contribution in [0.15, 0.2) is 60.9 Å². The molecule has 176 valence electrons. The normalized spacial score (nSPS) is 10.8. The Morgan fingerprint density at radius 1 is 1.06 bits per heavy atom. The van der Waals surface area contributed by atoms with Crippen LogP contribution in [0.25, 0.3) is 11.3 Å². The van der Waals surface area contributed by atoms with Crippen molar-refractivity contribution in [2.75, 3.05) is 18.5 Å². The number of nitrogens with one attached hydrogen (secondary N) is 2. The van der Waals surface area contributed by atoms with Gasteiger partial charge in [-0.3, -0.25) is 0 Å². The number of aromatic nitrogens is 2. The summed E-state index contributed by atoms with van der Waals surface area (Å²) in [6.45, 7) is 6.47. The summed E-state index contributed by atoms with van der Waals surface area (Å²) in [5.74, 6) is 0.675. The highest BCUT2D eigenvalue weighted by molar-refractivity contribution is 7.93. The molecular weight excluding hydrogens is 432 g/mol. The van der Waals surface area contributed by atoms with Gasteiger partial charge in [-0.1, -0.05) is 68.3 Å². The number of hydrogen-bond acceptors (Lipinski definition) is 4. The van der Waals surface area contributed by atoms with E-state index in [1.165, 1.54) is 17.7 Å². The minimum absolute atomic E-state index is 0.157. The third kappa shape index (κ3) is 7.94. The molecule has 2 aromatic carbocycles. The number of aryl methyl sites for hydroxylation is 1. The number of unbranched alkanes of at least 4 members (excludes halogenated alkanes) is 2. The number of urea groups is 1. The van der Waals surface area contributed by atoms with Gasteiger partial charge in [0.25, 0.3) is 0 Å². The topological polar surface area (TPSA) is 68.2 Å². The summed E-state index contributed by atoms with van der Waals surface area (Å²) in [7, 11) is 0. The SMILES string of the molecule is CCCCCNC(=O)Nc1ccccc1CSOCCCn1cnc(-c2ccccc2)c1C. The Hall–Kier alpha value is -2.77. The number of imidazole rings is 1. The number of rotatable bonds is 13. The molecule has 0 aliphatic carbocycles. The molecule has 0 spiro atoms. The molecule has 0 saturated carbocycles. The monoisotopic (exact) mass is 466 g/mol. The molecule has 0 fully saturated rings. The summed E-state index contributed by atoms with van der Waals surface area (Å²) in [5.41, 5.74) is 5.21. The van der Waals surface area contributed by atoms with Crippen LogP contribution in [0.1, 0.15) is 43.9 Å². The first-order valence-electron chi connectivity index (χ1n) is 11.6. The lowest BCUT2D eigenvalue weighted by Crippen LogP contribution is -2.29. The van der Waals surface area contributed by atoms with Crippen LogP contribution in [0.3, 0.4) is 0 Å². The number of amides is 2. The highest BCUT2D eigenvalue weighted by Crippen LogP contribution is 2.23. The Morgan fingerprint density at radius 3 is 2.67 bits per heavy atom. The van der Waals surface area contributed by atoms with Gasteiger partial charge in [0.05, 0.1) is 18.6 Å². The highest BCUT2D eigenvalue weighted by Gasteiger charge is 2.09. The van der Waals surface area contributed by atoms with Gasteiger partial charge in [-0.25, -0.2) is 9.78 Å². The second-order valence-electron chi connectivity index (χ2n) is 7.92. The summed E-state index contributed by atoms with van der Waals surface area (Å²) in [6.07, 6.45) is 6.07. The molecule has 1 heterocycles. The third-order valence-corrected chi connectivity index (χ3v) is 6.17. The average molecular weight is 467 g/mol. The molecule has 0 aliphatic heterocycles. The number of nitrogens with zero attached hydrogens (tertiary/aromatic N) is 2. The fraction of sp³-hybridized carbons (Fsp3) is 0.385. The van der Waals surface area contributed by atoms with Crippen LogP contribution in [-0.4, -0.2) is 28.7 Å². The third-order valence-electron chi connectivity index (χ3n) is 5.40. The van der Waals surface area contributed by atoms with Crippen LogP contribution in [0.2, 0.25) is 0 Å². The summed E-state index contributed by atoms with van der Waals surface area (Å²) in [5, 5.41) is 5.87. The highest BCUT2D eigenvalue weighted by atomic mass is 32.2. The average Bonchev–Trinajstić information content (AvgIpc) is 3.20. The number of anilines is 1. The number of para-hydroxylation sites is 1. The van der Waals surface area contributed by atoms with E-state index in [2.05, 4.69) is 46.2 Å². The Balaban J connectivity index is 1.38. The zero-order chi connectivity index (χ0) is 23.3. The molecule has 2 N–H and O–H groups in total. The minimum Gasteiger partial charge on any atom is -0.338 e. The smallest absolute Gasteiger partial charge is 0.319 e. The first-order chi connectivity index (χ1) is 16.2. The van der Waals surface area contributed by atoms with E-state index in [0.29, 0.717) is 18.9 Å². The van der Waals surface area contributed by atoms with Crippen molar-refractivity contribution in [2.45, 2.75) is 51.8 Å². The Kier molecular flexibility index (Phi) is 10.3. The molecule has 33 heavy (non-hydrogen) atoms. The zero-order valence-electron chi connectivity index (χ0n) is 19.5. The number of carbonyl (C=O) groups is 1. The lowest BCUT2D eigenvalue weighted by atomic mass is 10.1. The Labute approximate surface area is 201 Å². The summed E-state index contributed by atoms with van der Waals surface area (Å²) >= 11 is 1.42. The molecule has 0 bridgehead atoms. The first kappa shape index (κ1) is 24.9. The van der Waals surface area contributed by atoms with E-state index in [0.717, 1.165) is 54.7 Å². The Morgan fingerprint density at radius 2 is 1.85 bits per heavy atom. The zero-order valence-corrected chi connectivity index (χ0v) is 20.4. The second-order valence-corrected chi connectivity index (χ2v) is 8.68. The molecule has 7 heteroatoms. The number of hydrogen-bond donors (Lipinski definition) is 2. The van der Waals surface area contributed by atoms with Crippen molar-refractivity contribution in [3.8, 4) is 11.3 Å². The van der Waals surface area contributed by atoms with Crippen LogP contribution in [0.5, 0.6) is 0 Å². The standard InChI is InChI=1S/C26H34N4O2S/c1-3-4-10-16-27-26(31)29-24-15-9-8-14-23(24)19-33-32-18-11-17-30-20-28-25(21(30)2)22-12-6-5-7-13-22/h5-9,12-15,20H,3-4,10-11,16-19H2,1-2H3,(H2,27,29,31). The van der Waals surface area contributed by atoms with E-state index in [1.54, 1.807) is 0 Å². The summed E-state index contributed by atoms with van der Waals surface area (Å²) in [4.78, 5) is 16.7. The molecule has 3 aromatic rings. The second kappa shape index (κ2) is 13.7. The number of benzene rings is 2. The van der Waals surface area contributed by atoms with Crippen LogP contribution < -0.4 is 10.6 Å². The van der Waals surface area contributed by atoms with E-state index in [-0.39, 0.29) is 6.03 Å². The largest absolute Gasteiger partial charge is 0.338 e. The predicted molar refractivity (Wildman–Crippen MR) is 137 cm³/mol. The molecule has 0 unspecified atom stereocenters. The van der Waals surface area contributed by atoms with Gasteiger partial charge in [0, 0.05) is 35.8 Å². The van der Waals surface area contributed by atoms with Gasteiger partial charge in [-0.05, 0) is 43.4 Å². The van der Waals surface area contributed by atoms with Crippen molar-refractivity contribution in [3.05, 3.63) is 72.2 Å². The molecule has 0 aliphatic rings. The lowest BCUT2D eigenvalue weighted by molar-refractivity contribution is 0.252. The van der Waals surface area contributed by atoms with Gasteiger partial charge in [0.15, 0.2) is 0 Å². The molecule has 3 rings (SSSR count). The molecule has 0 atom stereocenters. The molecule has 1 aromatic heterocycles. The van der Waals surface area contributed by atoms with Crippen molar-refractivity contribution in [3.63, 3.8) is 0 Å². The van der Waals surface area contributed by atoms with E-state index in [1.807, 2.05) is 48.8 Å². The number of carbonyl (C=O) groups excluding carboxylic acids is 1. The van der Waals surface area contributed by atoms with Crippen LogP contribution in [0, 0.1) is 6.92 Å². The predicted octanol–water partition coefficient (Wildman–Crippen LogP) is 6.43. The minimum atomic E-state index is -0.157. The van der Waals surface area contributed by atoms with Gasteiger partial charge in [-0.2, -0.15) is 0 Å². The van der Waals surface area contributed by atoms with Gasteiger partial charge in [0.2, 0.25) is 0 Å². The van der Waals surface area contributed by atoms with Crippen LogP contribution >= 0.6 is 12.0 Å². The first-order valence-corrected chi connectivity index (χ1v) is 12.5. The van der Waals surface area contributed by atoms with Crippen molar-refractivity contribution >= 4 is 23.8 Å². The van der Waals surface area contributed by atoms with Gasteiger partial charge in [0.1, 0.15) is 0 Å². The van der Waals surface area contributed by atoms with Gasteiger partial charge in [-0.15, -0.1) is 0 Å². The summed E-state index contributed by atoms with van der Waals surface area (Å²) in [6, 6.07) is 17.9. The molecule has 6 nitrogen and oxygen atoms in total. The fourth-order valence-electron chi connectivity index (χ4n) is 3.52. The van der Waals surface area contributed by atoms with Crippen molar-refractivity contribution < 1.29 is 8.98 Å². The quantitative estimate of drug-likeness (QED) is 0.225. The van der Waals surface area contributed by atoms with Crippen molar-refractivity contribution in [2.24, 2.45) is 0 Å². The van der Waals surface area contributed by atoms with Crippen LogP contribution in [0.4, 0.5) is 10.5 Å². The van der Waals surface area contributed by atoms with Gasteiger partial charge >= 0.3 is 6.03 Å². The van der Waals surface area contributed by atoms with E-state index in [4.69, 9.17) is 4.18 Å². The van der Waals surface area contributed by atoms with E-state index >= 15 is 0 Å². The molecular formula is C26H34N4O2S. The van der Waals surface area contributed by atoms with E-state index in [9.17, 15) is 4.79 Å². The molecule has 0 saturated heterocycles. The van der Waals surface area contributed by atoms with Gasteiger partial charge < -0.3 is 19.4 Å². The Bertz CT molecular complexity index is 991. The van der Waals surface area contributed by atoms with Crippen molar-refractivity contribution in [1.82, 2.24) is 14.9 Å². The molecule has 2 amide bonds. The maximum absolute atomic E-state index is 12.1. The maximum Gasteiger partial charge on any atom is 0.319 e.